The standard InChI is InChI=1S/C16H13ClN2OS/c17-12-5-3-6-13(15(12)16(18)19)20-8-10-9-21-14-7-2-1-4-11(10)14/h1-7,9H,8H2,(H3,18,19). The first-order valence-corrected chi connectivity index (χ1v) is 7.63. The first-order valence-electron chi connectivity index (χ1n) is 6.37. The molecule has 106 valence electrons. The predicted octanol–water partition coefficient (Wildman–Crippen LogP) is 4.42. The van der Waals surface area contributed by atoms with Crippen molar-refractivity contribution in [3.8, 4) is 5.75 Å². The number of amidine groups is 1. The van der Waals surface area contributed by atoms with Crippen molar-refractivity contribution in [2.75, 3.05) is 0 Å². The summed E-state index contributed by atoms with van der Waals surface area (Å²) < 4.78 is 7.06. The Morgan fingerprint density at radius 1 is 1.19 bits per heavy atom. The maximum atomic E-state index is 7.62. The predicted molar refractivity (Wildman–Crippen MR) is 88.6 cm³/mol. The number of hydrogen-bond acceptors (Lipinski definition) is 3. The lowest BCUT2D eigenvalue weighted by atomic mass is 10.1. The second-order valence-corrected chi connectivity index (χ2v) is 5.89. The summed E-state index contributed by atoms with van der Waals surface area (Å²) in [7, 11) is 0. The summed E-state index contributed by atoms with van der Waals surface area (Å²) in [5.74, 6) is 0.441. The van der Waals surface area contributed by atoms with Crippen LogP contribution in [0.3, 0.4) is 0 Å². The summed E-state index contributed by atoms with van der Waals surface area (Å²) in [4.78, 5) is 0. The number of rotatable bonds is 4. The Hall–Kier alpha value is -2.04. The fourth-order valence-electron chi connectivity index (χ4n) is 2.19. The van der Waals surface area contributed by atoms with Crippen LogP contribution in [0.4, 0.5) is 0 Å². The van der Waals surface area contributed by atoms with Crippen molar-refractivity contribution in [3.05, 3.63) is 64.0 Å². The largest absolute Gasteiger partial charge is 0.488 e. The molecule has 0 aliphatic rings. The van der Waals surface area contributed by atoms with E-state index in [1.807, 2.05) is 12.1 Å². The van der Waals surface area contributed by atoms with E-state index < -0.39 is 0 Å². The number of fused-ring (bicyclic) bond motifs is 1. The molecule has 0 fully saturated rings. The van der Waals surface area contributed by atoms with Gasteiger partial charge < -0.3 is 10.5 Å². The molecule has 0 aliphatic heterocycles. The van der Waals surface area contributed by atoms with Crippen molar-refractivity contribution < 1.29 is 4.74 Å². The number of hydrogen-bond donors (Lipinski definition) is 2. The van der Waals surface area contributed by atoms with Crippen molar-refractivity contribution in [1.29, 1.82) is 5.41 Å². The molecule has 0 saturated heterocycles. The minimum absolute atomic E-state index is 0.0919. The lowest BCUT2D eigenvalue weighted by Gasteiger charge is -2.11. The van der Waals surface area contributed by atoms with Gasteiger partial charge in [-0.3, -0.25) is 5.41 Å². The monoisotopic (exact) mass is 316 g/mol. The van der Waals surface area contributed by atoms with Crippen LogP contribution in [-0.2, 0) is 6.61 Å². The van der Waals surface area contributed by atoms with Gasteiger partial charge in [-0.2, -0.15) is 0 Å². The van der Waals surface area contributed by atoms with Gasteiger partial charge in [0.25, 0.3) is 0 Å². The van der Waals surface area contributed by atoms with E-state index in [1.54, 1.807) is 29.5 Å². The average Bonchev–Trinajstić information content (AvgIpc) is 2.88. The van der Waals surface area contributed by atoms with Gasteiger partial charge in [0.15, 0.2) is 0 Å². The Morgan fingerprint density at radius 2 is 2.00 bits per heavy atom. The van der Waals surface area contributed by atoms with Crippen LogP contribution < -0.4 is 10.5 Å². The van der Waals surface area contributed by atoms with E-state index in [1.165, 1.54) is 10.1 Å². The zero-order valence-electron chi connectivity index (χ0n) is 11.1. The third-order valence-corrected chi connectivity index (χ3v) is 4.52. The summed E-state index contributed by atoms with van der Waals surface area (Å²) in [5.41, 5.74) is 7.13. The van der Waals surface area contributed by atoms with Gasteiger partial charge in [0.1, 0.15) is 18.2 Å². The molecule has 21 heavy (non-hydrogen) atoms. The zero-order valence-corrected chi connectivity index (χ0v) is 12.7. The van der Waals surface area contributed by atoms with Crippen molar-refractivity contribution in [1.82, 2.24) is 0 Å². The molecule has 0 amide bonds. The molecule has 3 N–H and O–H groups in total. The minimum Gasteiger partial charge on any atom is -0.488 e. The molecule has 3 aromatic rings. The third kappa shape index (κ3) is 2.73. The minimum atomic E-state index is -0.0919. The van der Waals surface area contributed by atoms with Crippen LogP contribution in [0.1, 0.15) is 11.1 Å². The molecule has 0 aliphatic carbocycles. The van der Waals surface area contributed by atoms with E-state index in [9.17, 15) is 0 Å². The van der Waals surface area contributed by atoms with Gasteiger partial charge >= 0.3 is 0 Å². The Kier molecular flexibility index (Phi) is 3.82. The first-order chi connectivity index (χ1) is 10.2. The molecule has 2 aromatic carbocycles. The molecule has 0 saturated carbocycles. The van der Waals surface area contributed by atoms with E-state index in [4.69, 9.17) is 27.5 Å². The highest BCUT2D eigenvalue weighted by Crippen LogP contribution is 2.29. The molecule has 3 rings (SSSR count). The molecule has 0 radical (unpaired) electrons. The van der Waals surface area contributed by atoms with E-state index in [-0.39, 0.29) is 5.84 Å². The van der Waals surface area contributed by atoms with Gasteiger partial charge in [-0.05, 0) is 29.0 Å². The molecule has 1 aromatic heterocycles. The summed E-state index contributed by atoms with van der Waals surface area (Å²) in [5, 5.41) is 11.3. The van der Waals surface area contributed by atoms with Gasteiger partial charge in [0.2, 0.25) is 0 Å². The average molecular weight is 317 g/mol. The number of ether oxygens (including phenoxy) is 1. The van der Waals surface area contributed by atoms with E-state index in [0.717, 1.165) is 5.56 Å². The summed E-state index contributed by atoms with van der Waals surface area (Å²) >= 11 is 7.77. The van der Waals surface area contributed by atoms with Crippen LogP contribution in [-0.4, -0.2) is 5.84 Å². The summed E-state index contributed by atoms with van der Waals surface area (Å²) in [6.07, 6.45) is 0. The number of halogens is 1. The first kappa shape index (κ1) is 13.9. The topological polar surface area (TPSA) is 59.1 Å². The molecular formula is C16H13ClN2OS. The Morgan fingerprint density at radius 3 is 2.81 bits per heavy atom. The highest BCUT2D eigenvalue weighted by atomic mass is 35.5. The van der Waals surface area contributed by atoms with Crippen molar-refractivity contribution in [2.45, 2.75) is 6.61 Å². The lowest BCUT2D eigenvalue weighted by molar-refractivity contribution is 0.307. The lowest BCUT2D eigenvalue weighted by Crippen LogP contribution is -2.13. The van der Waals surface area contributed by atoms with Crippen LogP contribution in [0, 0.1) is 5.41 Å². The quantitative estimate of drug-likeness (QED) is 0.553. The van der Waals surface area contributed by atoms with E-state index >= 15 is 0 Å². The number of thiophene rings is 1. The van der Waals surface area contributed by atoms with Gasteiger partial charge in [-0.15, -0.1) is 11.3 Å². The van der Waals surface area contributed by atoms with Gasteiger partial charge in [0, 0.05) is 10.3 Å². The van der Waals surface area contributed by atoms with E-state index in [0.29, 0.717) is 22.9 Å². The van der Waals surface area contributed by atoms with Crippen LogP contribution >= 0.6 is 22.9 Å². The maximum absolute atomic E-state index is 7.62. The molecule has 0 bridgehead atoms. The van der Waals surface area contributed by atoms with Gasteiger partial charge in [-0.1, -0.05) is 35.9 Å². The molecular weight excluding hydrogens is 304 g/mol. The van der Waals surface area contributed by atoms with Gasteiger partial charge in [0.05, 0.1) is 10.6 Å². The zero-order chi connectivity index (χ0) is 14.8. The van der Waals surface area contributed by atoms with Crippen LogP contribution in [0.2, 0.25) is 5.02 Å². The fraction of sp³-hybridized carbons (Fsp3) is 0.0625. The number of benzene rings is 2. The molecule has 3 nitrogen and oxygen atoms in total. The number of nitrogen functional groups attached to an aromatic ring is 1. The number of nitrogens with two attached hydrogens (primary N) is 1. The Balaban J connectivity index is 1.89. The van der Waals surface area contributed by atoms with Crippen LogP contribution in [0.15, 0.2) is 47.8 Å². The Labute approximate surface area is 131 Å². The highest BCUT2D eigenvalue weighted by Gasteiger charge is 2.12. The highest BCUT2D eigenvalue weighted by molar-refractivity contribution is 7.17. The molecule has 1 heterocycles. The van der Waals surface area contributed by atoms with Crippen molar-refractivity contribution in [3.63, 3.8) is 0 Å². The maximum Gasteiger partial charge on any atom is 0.132 e. The second kappa shape index (κ2) is 5.76. The van der Waals surface area contributed by atoms with Crippen molar-refractivity contribution >= 4 is 38.9 Å². The normalized spacial score (nSPS) is 10.7. The smallest absolute Gasteiger partial charge is 0.132 e. The number of nitrogens with one attached hydrogen (secondary N) is 1. The second-order valence-electron chi connectivity index (χ2n) is 4.57. The van der Waals surface area contributed by atoms with Gasteiger partial charge in [-0.25, -0.2) is 0 Å². The summed E-state index contributed by atoms with van der Waals surface area (Å²) in [6.45, 7) is 0.421. The van der Waals surface area contributed by atoms with Crippen LogP contribution in [0.25, 0.3) is 10.1 Å². The third-order valence-electron chi connectivity index (χ3n) is 3.19. The molecule has 5 heteroatoms. The van der Waals surface area contributed by atoms with Crippen LogP contribution in [0.5, 0.6) is 5.75 Å². The summed E-state index contributed by atoms with van der Waals surface area (Å²) in [6, 6.07) is 13.5. The molecule has 0 atom stereocenters. The van der Waals surface area contributed by atoms with E-state index in [2.05, 4.69) is 17.5 Å². The Bertz CT molecular complexity index is 813. The molecule has 0 unspecified atom stereocenters. The fourth-order valence-corrected chi connectivity index (χ4v) is 3.40. The van der Waals surface area contributed by atoms with Crippen molar-refractivity contribution in [2.24, 2.45) is 5.73 Å². The molecule has 0 spiro atoms. The SMILES string of the molecule is N=C(N)c1c(Cl)cccc1OCc1csc2ccccc12.